The molecule has 0 fully saturated rings. The van der Waals surface area contributed by atoms with Crippen LogP contribution in [0.3, 0.4) is 0 Å². The molecule has 5 rings (SSSR count). The molecule has 0 saturated carbocycles. The van der Waals surface area contributed by atoms with Crippen molar-refractivity contribution in [2.75, 3.05) is 13.3 Å². The Balaban J connectivity index is 1.53. The molecule has 3 aliphatic rings. The average molecular weight is 332 g/mol. The Bertz CT molecular complexity index is 885. The van der Waals surface area contributed by atoms with Gasteiger partial charge in [-0.15, -0.1) is 0 Å². The number of H-pyrrole nitrogens is 1. The standard InChI is InChI=1S/C19H20N6/c1-2-16-10-22-6-8-24(14-22)12-18-4-5-19(21-18)13-25-9-7-23(15-25)11-17(3-1)20-16/h1-9,12-13,21H,10-11,14-15H2. The quantitative estimate of drug-likeness (QED) is 0.769. The number of aromatic amines is 1. The molecule has 6 nitrogen and oxygen atoms in total. The summed E-state index contributed by atoms with van der Waals surface area (Å²) in [6.07, 6.45) is 12.7. The fourth-order valence-electron chi connectivity index (χ4n) is 3.40. The second kappa shape index (κ2) is 5.73. The van der Waals surface area contributed by atoms with E-state index in [4.69, 9.17) is 4.98 Å². The lowest BCUT2D eigenvalue weighted by atomic mass is 10.3. The van der Waals surface area contributed by atoms with Crippen LogP contribution in [0.4, 0.5) is 0 Å². The first-order valence-electron chi connectivity index (χ1n) is 8.50. The maximum Gasteiger partial charge on any atom is 0.0941 e. The van der Waals surface area contributed by atoms with Crippen LogP contribution in [0.15, 0.2) is 55.1 Å². The molecule has 6 heteroatoms. The molecule has 3 aliphatic heterocycles. The SMILES string of the molecule is C1=CN2Cc3cccc(n3)CN3C=CN(C=c4ccc([nH]4)=CN1C2)C3. The van der Waals surface area contributed by atoms with Gasteiger partial charge in [0.05, 0.1) is 48.5 Å². The van der Waals surface area contributed by atoms with Gasteiger partial charge in [0.2, 0.25) is 0 Å². The zero-order chi connectivity index (χ0) is 16.6. The van der Waals surface area contributed by atoms with E-state index in [1.54, 1.807) is 0 Å². The Hall–Kier alpha value is -3.15. The summed E-state index contributed by atoms with van der Waals surface area (Å²) < 4.78 is 0. The predicted molar refractivity (Wildman–Crippen MR) is 96.0 cm³/mol. The van der Waals surface area contributed by atoms with E-state index in [-0.39, 0.29) is 0 Å². The molecule has 25 heavy (non-hydrogen) atoms. The third-order valence-corrected chi connectivity index (χ3v) is 4.56. The van der Waals surface area contributed by atoms with E-state index in [0.29, 0.717) is 0 Å². The molecule has 0 saturated heterocycles. The highest BCUT2D eigenvalue weighted by molar-refractivity contribution is 5.27. The van der Waals surface area contributed by atoms with E-state index in [9.17, 15) is 0 Å². The fourth-order valence-corrected chi connectivity index (χ4v) is 3.40. The van der Waals surface area contributed by atoms with Crippen molar-refractivity contribution in [1.82, 2.24) is 29.6 Å². The van der Waals surface area contributed by atoms with Crippen LogP contribution in [-0.4, -0.2) is 42.9 Å². The summed E-state index contributed by atoms with van der Waals surface area (Å²) in [6.45, 7) is 3.31. The molecule has 0 radical (unpaired) electrons. The minimum Gasteiger partial charge on any atom is -0.353 e. The molecule has 0 atom stereocenters. The molecular weight excluding hydrogens is 312 g/mol. The van der Waals surface area contributed by atoms with Gasteiger partial charge in [-0.1, -0.05) is 6.07 Å². The van der Waals surface area contributed by atoms with Crippen LogP contribution in [-0.2, 0) is 13.1 Å². The number of nitrogens with zero attached hydrogens (tertiary/aromatic N) is 5. The van der Waals surface area contributed by atoms with E-state index in [2.05, 4.69) is 92.1 Å². The fraction of sp³-hybridized carbons (Fsp3) is 0.211. The van der Waals surface area contributed by atoms with Crippen molar-refractivity contribution in [3.63, 3.8) is 0 Å². The largest absolute Gasteiger partial charge is 0.353 e. The highest BCUT2D eigenvalue weighted by atomic mass is 15.3. The van der Waals surface area contributed by atoms with Gasteiger partial charge in [0, 0.05) is 37.2 Å². The maximum atomic E-state index is 4.83. The third-order valence-electron chi connectivity index (χ3n) is 4.56. The number of hydrogen-bond acceptors (Lipinski definition) is 5. The molecule has 126 valence electrons. The maximum absolute atomic E-state index is 4.83. The van der Waals surface area contributed by atoms with Crippen molar-refractivity contribution in [3.05, 3.63) is 77.2 Å². The average Bonchev–Trinajstić information content (AvgIpc) is 3.31. The smallest absolute Gasteiger partial charge is 0.0941 e. The molecule has 0 aliphatic carbocycles. The summed E-state index contributed by atoms with van der Waals surface area (Å²) in [4.78, 5) is 17.2. The van der Waals surface area contributed by atoms with Crippen molar-refractivity contribution in [2.24, 2.45) is 0 Å². The normalized spacial score (nSPS) is 18.6. The summed E-state index contributed by atoms with van der Waals surface area (Å²) in [5, 5.41) is 2.20. The van der Waals surface area contributed by atoms with Gasteiger partial charge in [0.1, 0.15) is 0 Å². The van der Waals surface area contributed by atoms with Crippen molar-refractivity contribution in [3.8, 4) is 0 Å². The van der Waals surface area contributed by atoms with E-state index < -0.39 is 0 Å². The number of rotatable bonds is 0. The van der Waals surface area contributed by atoms with Crippen LogP contribution in [0.2, 0.25) is 0 Å². The van der Waals surface area contributed by atoms with Crippen molar-refractivity contribution >= 4 is 12.4 Å². The molecule has 1 N–H and O–H groups in total. The Morgan fingerprint density at radius 1 is 0.720 bits per heavy atom. The number of hydrogen-bond donors (Lipinski definition) is 1. The summed E-state index contributed by atoms with van der Waals surface area (Å²) in [6, 6.07) is 10.5. The summed E-state index contributed by atoms with van der Waals surface area (Å²) in [7, 11) is 0. The first-order chi connectivity index (χ1) is 12.3. The lowest BCUT2D eigenvalue weighted by molar-refractivity contribution is 0.310. The molecule has 5 heterocycles. The number of nitrogens with one attached hydrogen (secondary N) is 1. The second-order valence-electron chi connectivity index (χ2n) is 6.65. The molecule has 0 unspecified atom stereocenters. The van der Waals surface area contributed by atoms with Crippen molar-refractivity contribution in [1.29, 1.82) is 0 Å². The third kappa shape index (κ3) is 2.98. The van der Waals surface area contributed by atoms with Gasteiger partial charge in [0.15, 0.2) is 0 Å². The van der Waals surface area contributed by atoms with E-state index >= 15 is 0 Å². The van der Waals surface area contributed by atoms with Gasteiger partial charge >= 0.3 is 0 Å². The lowest BCUT2D eigenvalue weighted by Gasteiger charge is -2.20. The summed E-state index contributed by atoms with van der Waals surface area (Å²) in [5.41, 5.74) is 2.20. The highest BCUT2D eigenvalue weighted by Crippen LogP contribution is 2.14. The lowest BCUT2D eigenvalue weighted by Crippen LogP contribution is -2.26. The molecule has 0 amide bonds. The molecule has 0 spiro atoms. The molecular formula is C19H20N6. The molecule has 2 aromatic heterocycles. The first-order valence-corrected chi connectivity index (χ1v) is 8.50. The van der Waals surface area contributed by atoms with Gasteiger partial charge in [-0.2, -0.15) is 0 Å². The van der Waals surface area contributed by atoms with Crippen LogP contribution in [0.5, 0.6) is 0 Å². The van der Waals surface area contributed by atoms with Crippen LogP contribution >= 0.6 is 0 Å². The first kappa shape index (κ1) is 14.2. The van der Waals surface area contributed by atoms with Gasteiger partial charge in [0.25, 0.3) is 0 Å². The van der Waals surface area contributed by atoms with Crippen molar-refractivity contribution < 1.29 is 0 Å². The number of pyridine rings is 1. The van der Waals surface area contributed by atoms with Crippen LogP contribution < -0.4 is 10.7 Å². The van der Waals surface area contributed by atoms with Gasteiger partial charge in [-0.3, -0.25) is 4.98 Å². The molecule has 2 aromatic rings. The Morgan fingerprint density at radius 3 is 1.84 bits per heavy atom. The van der Waals surface area contributed by atoms with E-state index in [0.717, 1.165) is 48.5 Å². The number of fused-ring (bicyclic) bond motifs is 8. The van der Waals surface area contributed by atoms with E-state index in [1.807, 2.05) is 0 Å². The van der Waals surface area contributed by atoms with Crippen molar-refractivity contribution in [2.45, 2.75) is 13.1 Å². The predicted octanol–water partition coefficient (Wildman–Crippen LogP) is 0.692. The zero-order valence-electron chi connectivity index (χ0n) is 13.9. The Kier molecular flexibility index (Phi) is 3.26. The second-order valence-corrected chi connectivity index (χ2v) is 6.65. The van der Waals surface area contributed by atoms with Gasteiger partial charge < -0.3 is 24.6 Å². The summed E-state index contributed by atoms with van der Waals surface area (Å²) >= 11 is 0. The van der Waals surface area contributed by atoms with Crippen LogP contribution in [0.1, 0.15) is 11.4 Å². The van der Waals surface area contributed by atoms with Gasteiger partial charge in [-0.05, 0) is 24.3 Å². The minimum absolute atomic E-state index is 0.820. The minimum atomic E-state index is 0.820. The monoisotopic (exact) mass is 332 g/mol. The van der Waals surface area contributed by atoms with Crippen LogP contribution in [0.25, 0.3) is 12.4 Å². The molecule has 8 bridgehead atoms. The Labute approximate surface area is 146 Å². The molecule has 0 aromatic carbocycles. The van der Waals surface area contributed by atoms with Gasteiger partial charge in [-0.25, -0.2) is 0 Å². The zero-order valence-corrected chi connectivity index (χ0v) is 13.9. The number of aromatic nitrogens is 2. The summed E-state index contributed by atoms with van der Waals surface area (Å²) in [5.74, 6) is 0. The highest BCUT2D eigenvalue weighted by Gasteiger charge is 2.14. The van der Waals surface area contributed by atoms with Crippen LogP contribution in [0, 0.1) is 0 Å². The van der Waals surface area contributed by atoms with E-state index in [1.165, 1.54) is 0 Å². The topological polar surface area (TPSA) is 41.6 Å². The Morgan fingerprint density at radius 2 is 1.28 bits per heavy atom.